The van der Waals surface area contributed by atoms with Crippen LogP contribution in [0.2, 0.25) is 5.28 Å². The lowest BCUT2D eigenvalue weighted by molar-refractivity contribution is -0.119. The van der Waals surface area contributed by atoms with Gasteiger partial charge in [-0.25, -0.2) is 9.97 Å². The standard InChI is InChI=1S/C10H15ClN4O/c1-3-4-12-8(16)6-13-9-7(2)5-14-10(11)15-9/h5H,3-4,6H2,1-2H3,(H,12,16)(H,13,14,15). The number of nitrogens with zero attached hydrogens (tertiary/aromatic N) is 2. The molecule has 1 amide bonds. The Labute approximate surface area is 99.6 Å². The fraction of sp³-hybridized carbons (Fsp3) is 0.500. The minimum Gasteiger partial charge on any atom is -0.361 e. The first kappa shape index (κ1) is 12.7. The molecular weight excluding hydrogens is 228 g/mol. The number of rotatable bonds is 5. The summed E-state index contributed by atoms with van der Waals surface area (Å²) >= 11 is 5.65. The predicted molar refractivity (Wildman–Crippen MR) is 63.6 cm³/mol. The maximum Gasteiger partial charge on any atom is 0.239 e. The first-order valence-corrected chi connectivity index (χ1v) is 5.51. The summed E-state index contributed by atoms with van der Waals surface area (Å²) in [6.45, 7) is 4.73. The SMILES string of the molecule is CCCNC(=O)CNc1nc(Cl)ncc1C. The molecule has 0 atom stereocenters. The van der Waals surface area contributed by atoms with Gasteiger partial charge in [-0.1, -0.05) is 6.92 Å². The highest BCUT2D eigenvalue weighted by Gasteiger charge is 2.04. The first-order chi connectivity index (χ1) is 7.63. The minimum atomic E-state index is -0.0593. The molecule has 1 rings (SSSR count). The van der Waals surface area contributed by atoms with Crippen molar-refractivity contribution >= 4 is 23.3 Å². The fourth-order valence-electron chi connectivity index (χ4n) is 1.09. The number of carbonyl (C=O) groups is 1. The van der Waals surface area contributed by atoms with Crippen molar-refractivity contribution in [1.29, 1.82) is 0 Å². The van der Waals surface area contributed by atoms with E-state index >= 15 is 0 Å². The molecule has 6 heteroatoms. The molecule has 0 fully saturated rings. The van der Waals surface area contributed by atoms with Crippen LogP contribution < -0.4 is 10.6 Å². The number of aromatic nitrogens is 2. The maximum atomic E-state index is 11.3. The molecule has 88 valence electrons. The number of amides is 1. The van der Waals surface area contributed by atoms with E-state index in [1.807, 2.05) is 13.8 Å². The van der Waals surface area contributed by atoms with E-state index in [1.165, 1.54) is 0 Å². The van der Waals surface area contributed by atoms with Crippen LogP contribution >= 0.6 is 11.6 Å². The second-order valence-electron chi connectivity index (χ2n) is 3.37. The normalized spacial score (nSPS) is 9.94. The van der Waals surface area contributed by atoms with Crippen LogP contribution in [0, 0.1) is 6.92 Å². The molecule has 1 aromatic rings. The Bertz CT molecular complexity index is 370. The molecule has 1 heterocycles. The average molecular weight is 243 g/mol. The third-order valence-corrected chi connectivity index (χ3v) is 2.11. The van der Waals surface area contributed by atoms with E-state index in [2.05, 4.69) is 20.6 Å². The molecule has 0 aromatic carbocycles. The lowest BCUT2D eigenvalue weighted by atomic mass is 10.3. The van der Waals surface area contributed by atoms with Gasteiger partial charge in [0.2, 0.25) is 11.2 Å². The molecule has 0 saturated heterocycles. The summed E-state index contributed by atoms with van der Waals surface area (Å²) in [6.07, 6.45) is 2.53. The molecule has 16 heavy (non-hydrogen) atoms. The average Bonchev–Trinajstić information content (AvgIpc) is 2.27. The molecule has 0 aliphatic carbocycles. The van der Waals surface area contributed by atoms with Gasteiger partial charge in [-0.15, -0.1) is 0 Å². The Balaban J connectivity index is 2.47. The van der Waals surface area contributed by atoms with Crippen LogP contribution in [0.3, 0.4) is 0 Å². The van der Waals surface area contributed by atoms with Gasteiger partial charge in [-0.2, -0.15) is 0 Å². The Morgan fingerprint density at radius 1 is 1.56 bits per heavy atom. The predicted octanol–water partition coefficient (Wildman–Crippen LogP) is 1.38. The van der Waals surface area contributed by atoms with Gasteiger partial charge in [-0.3, -0.25) is 4.79 Å². The Kier molecular flexibility index (Phi) is 4.98. The number of halogens is 1. The van der Waals surface area contributed by atoms with Crippen molar-refractivity contribution in [3.05, 3.63) is 17.0 Å². The van der Waals surface area contributed by atoms with Crippen LogP contribution in [0.25, 0.3) is 0 Å². The molecule has 0 unspecified atom stereocenters. The Morgan fingerprint density at radius 2 is 2.31 bits per heavy atom. The molecule has 0 saturated carbocycles. The number of hydrogen-bond donors (Lipinski definition) is 2. The summed E-state index contributed by atoms with van der Waals surface area (Å²) < 4.78 is 0. The molecule has 2 N–H and O–H groups in total. The van der Waals surface area contributed by atoms with Crippen LogP contribution in [-0.4, -0.2) is 29.0 Å². The van der Waals surface area contributed by atoms with Crippen molar-refractivity contribution in [2.45, 2.75) is 20.3 Å². The van der Waals surface area contributed by atoms with Gasteiger partial charge >= 0.3 is 0 Å². The van der Waals surface area contributed by atoms with Crippen LogP contribution in [0.5, 0.6) is 0 Å². The van der Waals surface area contributed by atoms with Gasteiger partial charge in [0.05, 0.1) is 6.54 Å². The largest absolute Gasteiger partial charge is 0.361 e. The highest BCUT2D eigenvalue weighted by Crippen LogP contribution is 2.11. The number of aryl methyl sites for hydroxylation is 1. The summed E-state index contributed by atoms with van der Waals surface area (Å²) in [7, 11) is 0. The van der Waals surface area contributed by atoms with E-state index in [-0.39, 0.29) is 17.7 Å². The van der Waals surface area contributed by atoms with E-state index in [0.717, 1.165) is 12.0 Å². The van der Waals surface area contributed by atoms with Crippen LogP contribution in [-0.2, 0) is 4.79 Å². The third-order valence-electron chi connectivity index (χ3n) is 1.93. The van der Waals surface area contributed by atoms with Crippen molar-refractivity contribution < 1.29 is 4.79 Å². The second-order valence-corrected chi connectivity index (χ2v) is 3.71. The highest BCUT2D eigenvalue weighted by molar-refractivity contribution is 6.28. The third kappa shape index (κ3) is 4.02. The summed E-state index contributed by atoms with van der Waals surface area (Å²) in [4.78, 5) is 19.1. The van der Waals surface area contributed by atoms with Crippen LogP contribution in [0.4, 0.5) is 5.82 Å². The summed E-state index contributed by atoms with van der Waals surface area (Å²) in [6, 6.07) is 0. The smallest absolute Gasteiger partial charge is 0.239 e. The lowest BCUT2D eigenvalue weighted by Gasteiger charge is -2.08. The van der Waals surface area contributed by atoms with Crippen molar-refractivity contribution in [3.63, 3.8) is 0 Å². The second kappa shape index (κ2) is 6.27. The molecule has 0 bridgehead atoms. The number of anilines is 1. The summed E-state index contributed by atoms with van der Waals surface area (Å²) in [5.74, 6) is 0.530. The summed E-state index contributed by atoms with van der Waals surface area (Å²) in [5.41, 5.74) is 0.854. The van der Waals surface area contributed by atoms with Gasteiger partial charge < -0.3 is 10.6 Å². The highest BCUT2D eigenvalue weighted by atomic mass is 35.5. The van der Waals surface area contributed by atoms with Gasteiger partial charge in [0.25, 0.3) is 0 Å². The van der Waals surface area contributed by atoms with Crippen molar-refractivity contribution in [3.8, 4) is 0 Å². The Hall–Kier alpha value is -1.36. The van der Waals surface area contributed by atoms with Gasteiger partial charge in [-0.05, 0) is 24.9 Å². The number of hydrogen-bond acceptors (Lipinski definition) is 4. The number of carbonyl (C=O) groups excluding carboxylic acids is 1. The van der Waals surface area contributed by atoms with E-state index < -0.39 is 0 Å². The zero-order valence-corrected chi connectivity index (χ0v) is 10.1. The van der Waals surface area contributed by atoms with Crippen molar-refractivity contribution in [2.75, 3.05) is 18.4 Å². The van der Waals surface area contributed by atoms with Crippen molar-refractivity contribution in [1.82, 2.24) is 15.3 Å². The first-order valence-electron chi connectivity index (χ1n) is 5.13. The van der Waals surface area contributed by atoms with Gasteiger partial charge in [0.1, 0.15) is 5.82 Å². The number of nitrogens with one attached hydrogen (secondary N) is 2. The molecule has 5 nitrogen and oxygen atoms in total. The maximum absolute atomic E-state index is 11.3. The lowest BCUT2D eigenvalue weighted by Crippen LogP contribution is -2.30. The molecule has 0 aliphatic rings. The minimum absolute atomic E-state index is 0.0593. The molecule has 0 radical (unpaired) electrons. The van der Waals surface area contributed by atoms with E-state index in [0.29, 0.717) is 12.4 Å². The molecule has 0 aliphatic heterocycles. The van der Waals surface area contributed by atoms with E-state index in [9.17, 15) is 4.79 Å². The van der Waals surface area contributed by atoms with E-state index in [4.69, 9.17) is 11.6 Å². The molecular formula is C10H15ClN4O. The van der Waals surface area contributed by atoms with Crippen molar-refractivity contribution in [2.24, 2.45) is 0 Å². The zero-order valence-electron chi connectivity index (χ0n) is 9.38. The quantitative estimate of drug-likeness (QED) is 0.766. The molecule has 1 aromatic heterocycles. The molecule has 0 spiro atoms. The van der Waals surface area contributed by atoms with Crippen LogP contribution in [0.15, 0.2) is 6.20 Å². The van der Waals surface area contributed by atoms with Gasteiger partial charge in [0.15, 0.2) is 0 Å². The monoisotopic (exact) mass is 242 g/mol. The topological polar surface area (TPSA) is 66.9 Å². The van der Waals surface area contributed by atoms with Gasteiger partial charge in [0, 0.05) is 18.3 Å². The summed E-state index contributed by atoms with van der Waals surface area (Å²) in [5, 5.41) is 5.84. The zero-order chi connectivity index (χ0) is 12.0. The Morgan fingerprint density at radius 3 is 3.00 bits per heavy atom. The van der Waals surface area contributed by atoms with Crippen LogP contribution in [0.1, 0.15) is 18.9 Å². The fourth-order valence-corrected chi connectivity index (χ4v) is 1.22. The van der Waals surface area contributed by atoms with E-state index in [1.54, 1.807) is 6.20 Å².